The van der Waals surface area contributed by atoms with E-state index in [9.17, 15) is 0 Å². The van der Waals surface area contributed by atoms with Crippen LogP contribution in [-0.4, -0.2) is 4.57 Å². The van der Waals surface area contributed by atoms with E-state index in [0.29, 0.717) is 0 Å². The number of nitrogens with zero attached hydrogens (tertiary/aromatic N) is 1. The summed E-state index contributed by atoms with van der Waals surface area (Å²) in [6.07, 6.45) is 6.37. The summed E-state index contributed by atoms with van der Waals surface area (Å²) in [5, 5.41) is 1.32. The Morgan fingerprint density at radius 1 is 1.23 bits per heavy atom. The van der Waals surface area contributed by atoms with Gasteiger partial charge < -0.3 is 4.57 Å². The predicted octanol–water partition coefficient (Wildman–Crippen LogP) is 3.21. The van der Waals surface area contributed by atoms with E-state index in [0.717, 1.165) is 0 Å². The minimum absolute atomic E-state index is 1.29. The highest BCUT2D eigenvalue weighted by Crippen LogP contribution is 2.20. The molecule has 1 heterocycles. The lowest BCUT2D eigenvalue weighted by molar-refractivity contribution is 0.968. The Morgan fingerprint density at radius 3 is 2.77 bits per heavy atom. The van der Waals surface area contributed by atoms with Crippen LogP contribution in [0.15, 0.2) is 36.5 Å². The molecule has 0 radical (unpaired) electrons. The van der Waals surface area contributed by atoms with Crippen molar-refractivity contribution in [1.82, 2.24) is 4.57 Å². The van der Waals surface area contributed by atoms with Crippen molar-refractivity contribution in [2.45, 2.75) is 6.92 Å². The summed E-state index contributed by atoms with van der Waals surface area (Å²) in [4.78, 5) is 0. The summed E-state index contributed by atoms with van der Waals surface area (Å²) in [6.45, 7) is 2.04. The molecule has 0 bridgehead atoms. The molecule has 2 aromatic rings. The van der Waals surface area contributed by atoms with Crippen molar-refractivity contribution in [2.75, 3.05) is 0 Å². The van der Waals surface area contributed by atoms with Crippen molar-refractivity contribution in [1.29, 1.82) is 0 Å². The first-order valence-corrected chi connectivity index (χ1v) is 4.49. The molecule has 0 atom stereocenters. The maximum Gasteiger partial charge on any atom is 0.0483 e. The highest BCUT2D eigenvalue weighted by atomic mass is 14.9. The number of aryl methyl sites for hydroxylation is 1. The highest BCUT2D eigenvalue weighted by molar-refractivity contribution is 5.89. The van der Waals surface area contributed by atoms with Gasteiger partial charge in [0.15, 0.2) is 0 Å². The molecule has 2 rings (SSSR count). The first kappa shape index (κ1) is 8.11. The molecule has 0 saturated heterocycles. The molecule has 0 unspecified atom stereocenters. The lowest BCUT2D eigenvalue weighted by Gasteiger charge is -1.92. The second kappa shape index (κ2) is 3.09. The molecule has 1 aromatic carbocycles. The largest absolute Gasteiger partial charge is 0.350 e. The molecule has 66 valence electrons. The molecule has 0 aliphatic carbocycles. The van der Waals surface area contributed by atoms with Crippen molar-refractivity contribution in [2.24, 2.45) is 7.05 Å². The first-order chi connectivity index (χ1) is 6.33. The summed E-state index contributed by atoms with van der Waals surface area (Å²) < 4.78 is 2.16. The van der Waals surface area contributed by atoms with Gasteiger partial charge in [0.25, 0.3) is 0 Å². The number of allylic oxidation sites excluding steroid dienone is 1. The molecular weight excluding hydrogens is 158 g/mol. The molecule has 0 aliphatic rings. The van der Waals surface area contributed by atoms with Gasteiger partial charge >= 0.3 is 0 Å². The summed E-state index contributed by atoms with van der Waals surface area (Å²) in [6, 6.07) is 8.45. The number of benzene rings is 1. The van der Waals surface area contributed by atoms with E-state index in [4.69, 9.17) is 0 Å². The minimum Gasteiger partial charge on any atom is -0.350 e. The molecule has 1 nitrogen and oxygen atoms in total. The summed E-state index contributed by atoms with van der Waals surface area (Å²) in [5.41, 5.74) is 2.58. The molecule has 0 N–H and O–H groups in total. The summed E-state index contributed by atoms with van der Waals surface area (Å²) in [7, 11) is 2.08. The lowest BCUT2D eigenvalue weighted by Crippen LogP contribution is -1.81. The number of fused-ring (bicyclic) bond motifs is 1. The maximum absolute atomic E-state index is 2.16. The molecule has 0 fully saturated rings. The fourth-order valence-corrected chi connectivity index (χ4v) is 1.69. The van der Waals surface area contributed by atoms with Crippen LogP contribution in [0.3, 0.4) is 0 Å². The van der Waals surface area contributed by atoms with Crippen LogP contribution in [0.2, 0.25) is 0 Å². The summed E-state index contributed by atoms with van der Waals surface area (Å²) in [5.74, 6) is 0. The number of aromatic nitrogens is 1. The zero-order valence-corrected chi connectivity index (χ0v) is 7.99. The third-order valence-corrected chi connectivity index (χ3v) is 2.27. The van der Waals surface area contributed by atoms with E-state index < -0.39 is 0 Å². The van der Waals surface area contributed by atoms with Crippen LogP contribution in [-0.2, 0) is 7.05 Å². The summed E-state index contributed by atoms with van der Waals surface area (Å²) >= 11 is 0. The lowest BCUT2D eigenvalue weighted by atomic mass is 10.2. The Labute approximate surface area is 78.3 Å². The molecule has 0 aliphatic heterocycles. The topological polar surface area (TPSA) is 4.93 Å². The Morgan fingerprint density at radius 2 is 2.00 bits per heavy atom. The first-order valence-electron chi connectivity index (χ1n) is 4.49. The van der Waals surface area contributed by atoms with E-state index in [-0.39, 0.29) is 0 Å². The van der Waals surface area contributed by atoms with Crippen molar-refractivity contribution in [3.63, 3.8) is 0 Å². The van der Waals surface area contributed by atoms with Crippen molar-refractivity contribution in [3.05, 3.63) is 42.1 Å². The van der Waals surface area contributed by atoms with Gasteiger partial charge in [-0.15, -0.1) is 0 Å². The van der Waals surface area contributed by atoms with Gasteiger partial charge in [0.2, 0.25) is 0 Å². The van der Waals surface area contributed by atoms with E-state index in [2.05, 4.69) is 54.2 Å². The van der Waals surface area contributed by atoms with Gasteiger partial charge in [0.05, 0.1) is 0 Å². The van der Waals surface area contributed by atoms with Gasteiger partial charge in [0, 0.05) is 24.1 Å². The van der Waals surface area contributed by atoms with Crippen LogP contribution in [0.1, 0.15) is 12.5 Å². The number of hydrogen-bond acceptors (Lipinski definition) is 0. The van der Waals surface area contributed by atoms with E-state index in [1.807, 2.05) is 6.92 Å². The molecule has 13 heavy (non-hydrogen) atoms. The third-order valence-electron chi connectivity index (χ3n) is 2.27. The van der Waals surface area contributed by atoms with Gasteiger partial charge in [-0.1, -0.05) is 30.4 Å². The quantitative estimate of drug-likeness (QED) is 0.621. The van der Waals surface area contributed by atoms with Crippen molar-refractivity contribution in [3.8, 4) is 0 Å². The average molecular weight is 171 g/mol. The predicted molar refractivity (Wildman–Crippen MR) is 57.6 cm³/mol. The molecule has 0 spiro atoms. The van der Waals surface area contributed by atoms with Gasteiger partial charge in [-0.05, 0) is 18.6 Å². The SMILES string of the molecule is CC=Cc1cn(C)c2ccccc12. The van der Waals surface area contributed by atoms with Gasteiger partial charge in [0.1, 0.15) is 0 Å². The Kier molecular flexibility index (Phi) is 1.93. The Hall–Kier alpha value is -1.50. The van der Waals surface area contributed by atoms with Gasteiger partial charge in [-0.25, -0.2) is 0 Å². The van der Waals surface area contributed by atoms with E-state index in [1.54, 1.807) is 0 Å². The molecule has 0 saturated carbocycles. The van der Waals surface area contributed by atoms with Crippen molar-refractivity contribution >= 4 is 17.0 Å². The Bertz CT molecular complexity index is 449. The zero-order chi connectivity index (χ0) is 9.26. The smallest absolute Gasteiger partial charge is 0.0483 e. The molecule has 1 aromatic heterocycles. The molecule has 0 amide bonds. The highest BCUT2D eigenvalue weighted by Gasteiger charge is 2.01. The van der Waals surface area contributed by atoms with Crippen LogP contribution in [0.4, 0.5) is 0 Å². The zero-order valence-electron chi connectivity index (χ0n) is 7.99. The average Bonchev–Trinajstić information content (AvgIpc) is 2.46. The van der Waals surface area contributed by atoms with Crippen LogP contribution in [0.25, 0.3) is 17.0 Å². The van der Waals surface area contributed by atoms with Crippen LogP contribution >= 0.6 is 0 Å². The minimum atomic E-state index is 1.29. The monoisotopic (exact) mass is 171 g/mol. The standard InChI is InChI=1S/C12H13N/c1-3-6-10-9-13(2)12-8-5-4-7-11(10)12/h3-9H,1-2H3. The van der Waals surface area contributed by atoms with Gasteiger partial charge in [-0.3, -0.25) is 0 Å². The van der Waals surface area contributed by atoms with E-state index >= 15 is 0 Å². The second-order valence-electron chi connectivity index (χ2n) is 3.21. The number of hydrogen-bond donors (Lipinski definition) is 0. The fourth-order valence-electron chi connectivity index (χ4n) is 1.69. The van der Waals surface area contributed by atoms with Crippen LogP contribution in [0.5, 0.6) is 0 Å². The third kappa shape index (κ3) is 1.26. The maximum atomic E-state index is 2.16. The van der Waals surface area contributed by atoms with E-state index in [1.165, 1.54) is 16.5 Å². The normalized spacial score (nSPS) is 11.5. The second-order valence-corrected chi connectivity index (χ2v) is 3.21. The number of rotatable bonds is 1. The Balaban J connectivity index is 2.77. The van der Waals surface area contributed by atoms with Crippen LogP contribution < -0.4 is 0 Å². The van der Waals surface area contributed by atoms with Crippen LogP contribution in [0, 0.1) is 0 Å². The van der Waals surface area contributed by atoms with Crippen molar-refractivity contribution < 1.29 is 0 Å². The van der Waals surface area contributed by atoms with Gasteiger partial charge in [-0.2, -0.15) is 0 Å². The molecular formula is C12H13N. The molecule has 1 heteroatoms. The number of para-hydroxylation sites is 1. The fraction of sp³-hybridized carbons (Fsp3) is 0.167.